The summed E-state index contributed by atoms with van der Waals surface area (Å²) in [6, 6.07) is 9.28. The average Bonchev–Trinajstić information content (AvgIpc) is 3.23. The number of hydrogen-bond donors (Lipinski definition) is 2. The Balaban J connectivity index is 1.92. The summed E-state index contributed by atoms with van der Waals surface area (Å²) in [5.41, 5.74) is 3.54. The van der Waals surface area contributed by atoms with E-state index in [-0.39, 0.29) is 0 Å². The Morgan fingerprint density at radius 2 is 2.26 bits per heavy atom. The van der Waals surface area contributed by atoms with E-state index in [0.29, 0.717) is 6.04 Å². The Labute approximate surface area is 115 Å². The molecule has 2 rings (SSSR count). The molecule has 0 heterocycles. The number of nitrogens with one attached hydrogen (secondary N) is 2. The van der Waals surface area contributed by atoms with Gasteiger partial charge in [-0.15, -0.1) is 0 Å². The normalized spacial score (nSPS) is 15.5. The Bertz CT molecular complexity index is 482. The van der Waals surface area contributed by atoms with E-state index in [1.54, 1.807) is 0 Å². The van der Waals surface area contributed by atoms with Gasteiger partial charge in [-0.05, 0) is 49.6 Å². The first-order valence-electron chi connectivity index (χ1n) is 6.86. The van der Waals surface area contributed by atoms with Crippen molar-refractivity contribution in [2.45, 2.75) is 32.4 Å². The molecule has 1 aromatic rings. The minimum absolute atomic E-state index is 0.696. The van der Waals surface area contributed by atoms with Gasteiger partial charge < -0.3 is 10.6 Å². The summed E-state index contributed by atoms with van der Waals surface area (Å²) >= 11 is 0. The van der Waals surface area contributed by atoms with Gasteiger partial charge in [0.2, 0.25) is 0 Å². The van der Waals surface area contributed by atoms with Crippen LogP contribution in [0.4, 0.5) is 5.69 Å². The van der Waals surface area contributed by atoms with Gasteiger partial charge in [0.15, 0.2) is 0 Å². The van der Waals surface area contributed by atoms with Gasteiger partial charge in [0.1, 0.15) is 0 Å². The highest BCUT2D eigenvalue weighted by atomic mass is 14.9. The second-order valence-corrected chi connectivity index (χ2v) is 4.82. The molecule has 0 radical (unpaired) electrons. The van der Waals surface area contributed by atoms with E-state index in [0.717, 1.165) is 12.2 Å². The number of rotatable bonds is 7. The summed E-state index contributed by atoms with van der Waals surface area (Å²) in [4.78, 5) is 0. The molecule has 2 heteroatoms. The highest BCUT2D eigenvalue weighted by Crippen LogP contribution is 2.24. The van der Waals surface area contributed by atoms with Crippen LogP contribution >= 0.6 is 0 Å². The van der Waals surface area contributed by atoms with Gasteiger partial charge >= 0.3 is 0 Å². The molecule has 0 bridgehead atoms. The van der Waals surface area contributed by atoms with Crippen molar-refractivity contribution in [1.82, 2.24) is 5.32 Å². The quantitative estimate of drug-likeness (QED) is 0.719. The molecule has 1 fully saturated rings. The van der Waals surface area contributed by atoms with E-state index in [4.69, 9.17) is 0 Å². The molecule has 1 saturated carbocycles. The lowest BCUT2D eigenvalue weighted by Crippen LogP contribution is -2.11. The highest BCUT2D eigenvalue weighted by Gasteiger charge is 2.20. The second-order valence-electron chi connectivity index (χ2n) is 4.82. The van der Waals surface area contributed by atoms with Crippen LogP contribution in [0.1, 0.15) is 25.3 Å². The molecule has 2 nitrogen and oxygen atoms in total. The van der Waals surface area contributed by atoms with Gasteiger partial charge in [0, 0.05) is 24.0 Å². The Hall–Kier alpha value is -1.96. The number of hydrogen-bond acceptors (Lipinski definition) is 2. The fraction of sp³-hybridized carbons (Fsp3) is 0.294. The molecule has 1 aliphatic rings. The molecule has 0 saturated heterocycles. The van der Waals surface area contributed by atoms with Crippen LogP contribution < -0.4 is 10.6 Å². The minimum Gasteiger partial charge on any atom is -0.382 e. The number of anilines is 1. The van der Waals surface area contributed by atoms with Crippen molar-refractivity contribution in [2.24, 2.45) is 0 Å². The maximum absolute atomic E-state index is 3.81. The van der Waals surface area contributed by atoms with Crippen LogP contribution in [0.5, 0.6) is 0 Å². The van der Waals surface area contributed by atoms with E-state index in [1.807, 2.05) is 31.2 Å². The maximum atomic E-state index is 3.81. The van der Waals surface area contributed by atoms with Crippen LogP contribution in [0.15, 0.2) is 60.8 Å². The van der Waals surface area contributed by atoms with Crippen molar-refractivity contribution < 1.29 is 0 Å². The third-order valence-corrected chi connectivity index (χ3v) is 3.06. The van der Waals surface area contributed by atoms with Crippen LogP contribution in [0.2, 0.25) is 0 Å². The molecule has 0 atom stereocenters. The van der Waals surface area contributed by atoms with Crippen molar-refractivity contribution in [3.05, 3.63) is 66.4 Å². The zero-order valence-corrected chi connectivity index (χ0v) is 11.5. The topological polar surface area (TPSA) is 24.1 Å². The average molecular weight is 254 g/mol. The van der Waals surface area contributed by atoms with Crippen LogP contribution in [0, 0.1) is 0 Å². The predicted molar refractivity (Wildman–Crippen MR) is 83.0 cm³/mol. The highest BCUT2D eigenvalue weighted by molar-refractivity contribution is 5.47. The molecule has 19 heavy (non-hydrogen) atoms. The van der Waals surface area contributed by atoms with E-state index < -0.39 is 0 Å². The smallest absolute Gasteiger partial charge is 0.0401 e. The summed E-state index contributed by atoms with van der Waals surface area (Å²) in [5.74, 6) is 0. The largest absolute Gasteiger partial charge is 0.382 e. The maximum Gasteiger partial charge on any atom is 0.0401 e. The Morgan fingerprint density at radius 3 is 2.95 bits per heavy atom. The molecule has 0 amide bonds. The van der Waals surface area contributed by atoms with Gasteiger partial charge in [-0.1, -0.05) is 30.9 Å². The third kappa shape index (κ3) is 4.66. The van der Waals surface area contributed by atoms with Crippen molar-refractivity contribution in [2.75, 3.05) is 5.32 Å². The third-order valence-electron chi connectivity index (χ3n) is 3.06. The molecule has 100 valence electrons. The van der Waals surface area contributed by atoms with E-state index >= 15 is 0 Å². The van der Waals surface area contributed by atoms with Crippen molar-refractivity contribution in [3.63, 3.8) is 0 Å². The first-order valence-corrected chi connectivity index (χ1v) is 6.86. The van der Waals surface area contributed by atoms with Crippen molar-refractivity contribution in [3.8, 4) is 0 Å². The first-order chi connectivity index (χ1) is 9.31. The van der Waals surface area contributed by atoms with Gasteiger partial charge in [-0.2, -0.15) is 0 Å². The summed E-state index contributed by atoms with van der Waals surface area (Å²) in [7, 11) is 0. The lowest BCUT2D eigenvalue weighted by molar-refractivity contribution is 0.834. The Morgan fingerprint density at radius 1 is 1.42 bits per heavy atom. The molecule has 0 aromatic heterocycles. The molecule has 1 aromatic carbocycles. The Kier molecular flexibility index (Phi) is 4.85. The SMILES string of the molecule is C=C/C(=C\C=C/C)NCc1cccc(NC2CC2)c1. The zero-order chi connectivity index (χ0) is 13.5. The first kappa shape index (κ1) is 13.5. The van der Waals surface area contributed by atoms with Crippen LogP contribution in [-0.4, -0.2) is 6.04 Å². The number of benzene rings is 1. The van der Waals surface area contributed by atoms with Gasteiger partial charge in [0.25, 0.3) is 0 Å². The zero-order valence-electron chi connectivity index (χ0n) is 11.5. The van der Waals surface area contributed by atoms with Gasteiger partial charge in [-0.25, -0.2) is 0 Å². The summed E-state index contributed by atoms with van der Waals surface area (Å²) in [6.07, 6.45) is 10.5. The van der Waals surface area contributed by atoms with Crippen LogP contribution in [-0.2, 0) is 6.54 Å². The molecule has 0 unspecified atom stereocenters. The molecular weight excluding hydrogens is 232 g/mol. The fourth-order valence-corrected chi connectivity index (χ4v) is 1.84. The molecule has 2 N–H and O–H groups in total. The second kappa shape index (κ2) is 6.83. The standard InChI is InChI=1S/C17H22N2/c1-3-5-8-15(4-2)18-13-14-7-6-9-17(12-14)19-16-10-11-16/h3-9,12,16,18-19H,2,10-11,13H2,1H3/b5-3-,15-8+. The number of allylic oxidation sites excluding steroid dienone is 4. The van der Waals surface area contributed by atoms with E-state index in [9.17, 15) is 0 Å². The predicted octanol–water partition coefficient (Wildman–Crippen LogP) is 4.00. The van der Waals surface area contributed by atoms with E-state index in [1.165, 1.54) is 24.1 Å². The lowest BCUT2D eigenvalue weighted by atomic mass is 10.2. The molecule has 0 spiro atoms. The lowest BCUT2D eigenvalue weighted by Gasteiger charge is -2.09. The van der Waals surface area contributed by atoms with E-state index in [2.05, 4.69) is 41.5 Å². The summed E-state index contributed by atoms with van der Waals surface area (Å²) in [6.45, 7) is 6.63. The van der Waals surface area contributed by atoms with Gasteiger partial charge in [0.05, 0.1) is 0 Å². The van der Waals surface area contributed by atoms with Gasteiger partial charge in [-0.3, -0.25) is 0 Å². The molecule has 1 aliphatic carbocycles. The minimum atomic E-state index is 0.696. The van der Waals surface area contributed by atoms with Crippen LogP contribution in [0.3, 0.4) is 0 Å². The van der Waals surface area contributed by atoms with Crippen molar-refractivity contribution in [1.29, 1.82) is 0 Å². The molecule has 0 aliphatic heterocycles. The summed E-state index contributed by atoms with van der Waals surface area (Å²) in [5, 5.41) is 6.90. The molecular formula is C17H22N2. The summed E-state index contributed by atoms with van der Waals surface area (Å²) < 4.78 is 0. The van der Waals surface area contributed by atoms with Crippen LogP contribution in [0.25, 0.3) is 0 Å². The monoisotopic (exact) mass is 254 g/mol. The fourth-order valence-electron chi connectivity index (χ4n) is 1.84. The van der Waals surface area contributed by atoms with Crippen molar-refractivity contribution >= 4 is 5.69 Å².